The minimum atomic E-state index is 0.332. The zero-order chi connectivity index (χ0) is 6.15. The minimum Gasteiger partial charge on any atom is -0.395 e. The first kappa shape index (κ1) is 6.05. The lowest BCUT2D eigenvalue weighted by Crippen LogP contribution is -2.13. The fourth-order valence-electron chi connectivity index (χ4n) is 0.991. The van der Waals surface area contributed by atoms with Gasteiger partial charge in [0, 0.05) is 18.6 Å². The topological polar surface area (TPSA) is 23.2 Å². The van der Waals surface area contributed by atoms with Gasteiger partial charge in [0.15, 0.2) is 0 Å². The molecule has 1 heterocycles. The zero-order valence-corrected chi connectivity index (χ0v) is 5.46. The summed E-state index contributed by atoms with van der Waals surface area (Å²) in [5, 5.41) is 8.58. The Morgan fingerprint density at radius 3 is 2.50 bits per heavy atom. The maximum absolute atomic E-state index is 8.58. The fraction of sp³-hybridized carbons (Fsp3) is 1.00. The third kappa shape index (κ3) is 1.01. The average molecular weight is 115 g/mol. The Hall–Kier alpha value is -0.0800. The van der Waals surface area contributed by atoms with Gasteiger partial charge in [0.25, 0.3) is 0 Å². The SMILES string of the molecule is CC(C)N1CC1CO. The van der Waals surface area contributed by atoms with Gasteiger partial charge in [-0.1, -0.05) is 0 Å². The molecule has 0 aromatic heterocycles. The van der Waals surface area contributed by atoms with Gasteiger partial charge in [-0.3, -0.25) is 4.90 Å². The quantitative estimate of drug-likeness (QED) is 0.515. The van der Waals surface area contributed by atoms with E-state index in [9.17, 15) is 0 Å². The van der Waals surface area contributed by atoms with Crippen LogP contribution in [-0.2, 0) is 0 Å². The van der Waals surface area contributed by atoms with Crippen LogP contribution in [0.3, 0.4) is 0 Å². The molecular formula is C6H13NO. The van der Waals surface area contributed by atoms with Crippen molar-refractivity contribution in [3.63, 3.8) is 0 Å². The Kier molecular flexibility index (Phi) is 1.54. The third-order valence-corrected chi connectivity index (χ3v) is 1.63. The smallest absolute Gasteiger partial charge is 0.0599 e. The van der Waals surface area contributed by atoms with Crippen molar-refractivity contribution in [2.45, 2.75) is 25.9 Å². The van der Waals surface area contributed by atoms with E-state index in [0.717, 1.165) is 6.54 Å². The Labute approximate surface area is 50.1 Å². The number of hydrogen-bond acceptors (Lipinski definition) is 2. The molecule has 8 heavy (non-hydrogen) atoms. The second-order valence-electron chi connectivity index (χ2n) is 2.63. The van der Waals surface area contributed by atoms with E-state index in [1.54, 1.807) is 0 Å². The predicted molar refractivity (Wildman–Crippen MR) is 32.7 cm³/mol. The summed E-state index contributed by atoms with van der Waals surface area (Å²) in [4.78, 5) is 2.26. The second-order valence-corrected chi connectivity index (χ2v) is 2.63. The number of aliphatic hydroxyl groups excluding tert-OH is 1. The molecule has 2 heteroatoms. The van der Waals surface area contributed by atoms with E-state index in [2.05, 4.69) is 18.7 Å². The summed E-state index contributed by atoms with van der Waals surface area (Å²) in [6.45, 7) is 5.72. The summed E-state index contributed by atoms with van der Waals surface area (Å²) in [5.41, 5.74) is 0. The molecule has 2 atom stereocenters. The van der Waals surface area contributed by atoms with Crippen LogP contribution in [0.1, 0.15) is 13.8 Å². The molecule has 1 rings (SSSR count). The van der Waals surface area contributed by atoms with Crippen molar-refractivity contribution in [3.8, 4) is 0 Å². The van der Waals surface area contributed by atoms with E-state index in [4.69, 9.17) is 5.11 Å². The summed E-state index contributed by atoms with van der Waals surface area (Å²) in [7, 11) is 0. The molecule has 1 saturated heterocycles. The van der Waals surface area contributed by atoms with E-state index in [0.29, 0.717) is 18.7 Å². The van der Waals surface area contributed by atoms with Crippen LogP contribution in [-0.4, -0.2) is 35.2 Å². The molecule has 0 saturated carbocycles. The lowest BCUT2D eigenvalue weighted by atomic mass is 10.4. The van der Waals surface area contributed by atoms with Crippen LogP contribution in [0.25, 0.3) is 0 Å². The normalized spacial score (nSPS) is 36.0. The van der Waals surface area contributed by atoms with Gasteiger partial charge in [-0.15, -0.1) is 0 Å². The number of nitrogens with zero attached hydrogens (tertiary/aromatic N) is 1. The summed E-state index contributed by atoms with van der Waals surface area (Å²) < 4.78 is 0. The Morgan fingerprint density at radius 2 is 2.38 bits per heavy atom. The van der Waals surface area contributed by atoms with Crippen LogP contribution in [0, 0.1) is 0 Å². The van der Waals surface area contributed by atoms with Crippen LogP contribution in [0.4, 0.5) is 0 Å². The molecule has 1 N–H and O–H groups in total. The lowest BCUT2D eigenvalue weighted by molar-refractivity contribution is 0.262. The van der Waals surface area contributed by atoms with Crippen LogP contribution >= 0.6 is 0 Å². The highest BCUT2D eigenvalue weighted by atomic mass is 16.3. The Bertz CT molecular complexity index is 82.6. The first-order valence-corrected chi connectivity index (χ1v) is 3.12. The largest absolute Gasteiger partial charge is 0.395 e. The number of rotatable bonds is 2. The highest BCUT2D eigenvalue weighted by Crippen LogP contribution is 2.19. The van der Waals surface area contributed by atoms with Gasteiger partial charge in [0.2, 0.25) is 0 Å². The maximum atomic E-state index is 8.58. The monoisotopic (exact) mass is 115 g/mol. The molecule has 2 unspecified atom stereocenters. The van der Waals surface area contributed by atoms with Crippen LogP contribution in [0.2, 0.25) is 0 Å². The molecule has 0 aromatic rings. The maximum Gasteiger partial charge on any atom is 0.0599 e. The number of aliphatic hydroxyl groups is 1. The Balaban J connectivity index is 2.16. The van der Waals surface area contributed by atoms with Gasteiger partial charge in [0.05, 0.1) is 6.61 Å². The van der Waals surface area contributed by atoms with Crippen molar-refractivity contribution in [1.29, 1.82) is 0 Å². The van der Waals surface area contributed by atoms with Gasteiger partial charge in [-0.2, -0.15) is 0 Å². The van der Waals surface area contributed by atoms with Gasteiger partial charge >= 0.3 is 0 Å². The molecule has 1 aliphatic heterocycles. The second kappa shape index (κ2) is 2.03. The van der Waals surface area contributed by atoms with Crippen LogP contribution in [0.5, 0.6) is 0 Å². The molecule has 0 radical (unpaired) electrons. The lowest BCUT2D eigenvalue weighted by Gasteiger charge is -2.03. The van der Waals surface area contributed by atoms with E-state index in [1.165, 1.54) is 0 Å². The average Bonchev–Trinajstić information content (AvgIpc) is 2.42. The standard InChI is InChI=1S/C6H13NO/c1-5(2)7-3-6(7)4-8/h5-6,8H,3-4H2,1-2H3. The molecule has 1 aliphatic rings. The predicted octanol–water partition coefficient (Wildman–Crippen LogP) is 0.0713. The van der Waals surface area contributed by atoms with E-state index in [-0.39, 0.29) is 0 Å². The molecule has 48 valence electrons. The molecule has 0 spiro atoms. The van der Waals surface area contributed by atoms with Gasteiger partial charge in [-0.25, -0.2) is 0 Å². The zero-order valence-electron chi connectivity index (χ0n) is 5.46. The van der Waals surface area contributed by atoms with Crippen molar-refractivity contribution >= 4 is 0 Å². The van der Waals surface area contributed by atoms with Crippen molar-refractivity contribution in [2.24, 2.45) is 0 Å². The molecule has 0 amide bonds. The molecule has 1 fully saturated rings. The van der Waals surface area contributed by atoms with Gasteiger partial charge in [-0.05, 0) is 13.8 Å². The van der Waals surface area contributed by atoms with E-state index < -0.39 is 0 Å². The van der Waals surface area contributed by atoms with Crippen LogP contribution in [0.15, 0.2) is 0 Å². The van der Waals surface area contributed by atoms with Gasteiger partial charge < -0.3 is 5.11 Å². The van der Waals surface area contributed by atoms with E-state index in [1.807, 2.05) is 0 Å². The molecule has 0 aliphatic carbocycles. The first-order chi connectivity index (χ1) is 3.75. The first-order valence-electron chi connectivity index (χ1n) is 3.12. The van der Waals surface area contributed by atoms with Crippen molar-refractivity contribution in [2.75, 3.05) is 13.2 Å². The summed E-state index contributed by atoms with van der Waals surface area (Å²) in [5.74, 6) is 0. The molecule has 0 bridgehead atoms. The summed E-state index contributed by atoms with van der Waals surface area (Å²) in [6, 6.07) is 1.10. The summed E-state index contributed by atoms with van der Waals surface area (Å²) in [6.07, 6.45) is 0. The Morgan fingerprint density at radius 1 is 1.75 bits per heavy atom. The van der Waals surface area contributed by atoms with Crippen molar-refractivity contribution in [3.05, 3.63) is 0 Å². The van der Waals surface area contributed by atoms with Crippen molar-refractivity contribution in [1.82, 2.24) is 4.90 Å². The summed E-state index contributed by atoms with van der Waals surface area (Å²) >= 11 is 0. The minimum absolute atomic E-state index is 0.332. The molecule has 0 aromatic carbocycles. The number of hydrogen-bond donors (Lipinski definition) is 1. The molecule has 2 nitrogen and oxygen atoms in total. The third-order valence-electron chi connectivity index (χ3n) is 1.63. The fourth-order valence-corrected chi connectivity index (χ4v) is 0.991. The highest BCUT2D eigenvalue weighted by Gasteiger charge is 2.34. The van der Waals surface area contributed by atoms with Crippen LogP contribution < -0.4 is 0 Å². The van der Waals surface area contributed by atoms with E-state index >= 15 is 0 Å². The molecular weight excluding hydrogens is 102 g/mol. The van der Waals surface area contributed by atoms with Crippen molar-refractivity contribution < 1.29 is 5.11 Å². The highest BCUT2D eigenvalue weighted by molar-refractivity contribution is 4.90. The van der Waals surface area contributed by atoms with Gasteiger partial charge in [0.1, 0.15) is 0 Å².